The number of halogens is 1. The summed E-state index contributed by atoms with van der Waals surface area (Å²) >= 11 is 0. The first kappa shape index (κ1) is 22.7. The van der Waals surface area contributed by atoms with Crippen molar-refractivity contribution in [2.24, 2.45) is 10.9 Å². The van der Waals surface area contributed by atoms with Crippen LogP contribution >= 0.6 is 10.9 Å². The van der Waals surface area contributed by atoms with Crippen LogP contribution in [0.1, 0.15) is 16.8 Å². The van der Waals surface area contributed by atoms with E-state index in [0.29, 0.717) is 35.1 Å². The lowest BCUT2D eigenvalue weighted by Crippen LogP contribution is -2.31. The van der Waals surface area contributed by atoms with Crippen molar-refractivity contribution in [3.05, 3.63) is 71.5 Å². The summed E-state index contributed by atoms with van der Waals surface area (Å²) < 4.78 is 18.6. The molecule has 0 aliphatic carbocycles. The molecule has 2 aliphatic rings. The number of aliphatic imine (C=N–C) groups is 1. The topological polar surface area (TPSA) is 117 Å². The number of hydrogen-bond acceptors (Lipinski definition) is 6. The smallest absolute Gasteiger partial charge is 0.320 e. The van der Waals surface area contributed by atoms with Crippen molar-refractivity contribution in [1.82, 2.24) is 10.6 Å². The second-order valence-corrected chi connectivity index (χ2v) is 9.54. The average molecular weight is 472 g/mol. The number of rotatable bonds is 7. The fraction of sp³-hybridized carbons (Fsp3) is 0.217. The fourth-order valence-corrected chi connectivity index (χ4v) is 5.41. The Morgan fingerprint density at radius 1 is 1.12 bits per heavy atom. The Labute approximate surface area is 191 Å². The molecule has 3 N–H and O–H groups in total. The van der Waals surface area contributed by atoms with E-state index < -0.39 is 28.8 Å². The van der Waals surface area contributed by atoms with E-state index in [2.05, 4.69) is 15.6 Å². The number of carboxylic acid groups (broad SMARTS) is 1. The van der Waals surface area contributed by atoms with Gasteiger partial charge in [-0.25, -0.2) is 4.39 Å². The van der Waals surface area contributed by atoms with E-state index in [-0.39, 0.29) is 23.4 Å². The highest BCUT2D eigenvalue weighted by Gasteiger charge is 2.36. The minimum atomic E-state index is -1.32. The van der Waals surface area contributed by atoms with Gasteiger partial charge in [0.25, 0.3) is 5.91 Å². The Morgan fingerprint density at radius 3 is 2.42 bits per heavy atom. The Bertz CT molecular complexity index is 1120. The average Bonchev–Trinajstić information content (AvgIpc) is 3.49. The lowest BCUT2D eigenvalue weighted by molar-refractivity contribution is -0.139. The third kappa shape index (κ3) is 5.47. The molecule has 33 heavy (non-hydrogen) atoms. The van der Waals surface area contributed by atoms with Crippen molar-refractivity contribution in [2.75, 3.05) is 13.1 Å². The maximum Gasteiger partial charge on any atom is 0.320 e. The molecule has 172 valence electrons. The van der Waals surface area contributed by atoms with Crippen LogP contribution in [-0.2, 0) is 9.59 Å². The van der Waals surface area contributed by atoms with Gasteiger partial charge < -0.3 is 20.5 Å². The normalized spacial score (nSPS) is 22.6. The van der Waals surface area contributed by atoms with E-state index >= 15 is 0 Å². The maximum atomic E-state index is 13.0. The minimum absolute atomic E-state index is 0.111. The van der Waals surface area contributed by atoms with Crippen molar-refractivity contribution in [3.8, 4) is 11.5 Å². The highest BCUT2D eigenvalue weighted by Crippen LogP contribution is 2.40. The molecule has 1 saturated heterocycles. The van der Waals surface area contributed by atoms with E-state index in [4.69, 9.17) is 9.84 Å². The maximum absolute atomic E-state index is 13.0. The molecule has 8 nitrogen and oxygen atoms in total. The molecule has 2 aromatic carbocycles. The van der Waals surface area contributed by atoms with Crippen LogP contribution in [0.25, 0.3) is 0 Å². The van der Waals surface area contributed by atoms with Crippen LogP contribution in [0.15, 0.2) is 65.1 Å². The van der Waals surface area contributed by atoms with Gasteiger partial charge in [0.15, 0.2) is 5.12 Å². The number of benzene rings is 2. The van der Waals surface area contributed by atoms with Crippen molar-refractivity contribution >= 4 is 32.9 Å². The monoisotopic (exact) mass is 471 g/mol. The number of carbonyl (C=O) groups excluding carboxylic acids is 2. The van der Waals surface area contributed by atoms with Gasteiger partial charge in [-0.05, 0) is 60.4 Å². The predicted octanol–water partition coefficient (Wildman–Crippen LogP) is 2.82. The van der Waals surface area contributed by atoms with Crippen LogP contribution in [0.3, 0.4) is 0 Å². The zero-order valence-corrected chi connectivity index (χ0v) is 18.3. The molecule has 4 rings (SSSR count). The zero-order valence-electron chi connectivity index (χ0n) is 17.4. The molecule has 0 spiro atoms. The highest BCUT2D eigenvalue weighted by molar-refractivity contribution is 8.43. The van der Waals surface area contributed by atoms with Gasteiger partial charge in [-0.3, -0.25) is 19.4 Å². The van der Waals surface area contributed by atoms with Crippen molar-refractivity contribution in [3.63, 3.8) is 0 Å². The van der Waals surface area contributed by atoms with Gasteiger partial charge in [0, 0.05) is 24.2 Å². The third-order valence-electron chi connectivity index (χ3n) is 5.30. The first-order valence-electron chi connectivity index (χ1n) is 10.2. The van der Waals surface area contributed by atoms with Crippen LogP contribution in [0.4, 0.5) is 4.39 Å². The molecule has 2 heterocycles. The minimum Gasteiger partial charge on any atom is -0.480 e. The Kier molecular flexibility index (Phi) is 6.85. The van der Waals surface area contributed by atoms with Crippen LogP contribution in [-0.4, -0.2) is 46.3 Å². The lowest BCUT2D eigenvalue weighted by Gasteiger charge is -2.19. The van der Waals surface area contributed by atoms with Gasteiger partial charge in [0.05, 0.1) is 11.6 Å². The lowest BCUT2D eigenvalue weighted by atomic mass is 10.1. The van der Waals surface area contributed by atoms with Crippen LogP contribution in [0.5, 0.6) is 11.5 Å². The summed E-state index contributed by atoms with van der Waals surface area (Å²) in [4.78, 5) is 40.7. The number of amides is 1. The standard InChI is InChI=1S/C23H22FN3O5S/c24-16-3-7-18(8-4-16)32-17-5-1-14(2-6-17)21(29)27-13-20(28)33-10-9-25-22(33)15-11-19(23(30)31)26-12-15/h1-10,15,19,26,33H,11-13H2,(H,27,29)(H,30,31). The van der Waals surface area contributed by atoms with Gasteiger partial charge in [-0.1, -0.05) is 0 Å². The molecule has 1 amide bonds. The molecule has 10 heteroatoms. The number of hydrogen-bond donors (Lipinski definition) is 4. The second kappa shape index (κ2) is 9.97. The molecule has 0 radical (unpaired) electrons. The van der Waals surface area contributed by atoms with Crippen molar-refractivity contribution in [2.45, 2.75) is 12.5 Å². The molecule has 0 bridgehead atoms. The van der Waals surface area contributed by atoms with Crippen molar-refractivity contribution < 1.29 is 28.6 Å². The van der Waals surface area contributed by atoms with Crippen molar-refractivity contribution in [1.29, 1.82) is 0 Å². The summed E-state index contributed by atoms with van der Waals surface area (Å²) in [6.45, 7) is 0.312. The summed E-state index contributed by atoms with van der Waals surface area (Å²) in [7, 11) is -1.32. The number of thiol groups is 1. The van der Waals surface area contributed by atoms with Crippen LogP contribution in [0.2, 0.25) is 0 Å². The Balaban J connectivity index is 1.29. The van der Waals surface area contributed by atoms with Gasteiger partial charge in [0.2, 0.25) is 0 Å². The molecule has 2 aromatic rings. The largest absolute Gasteiger partial charge is 0.480 e. The molecular weight excluding hydrogens is 449 g/mol. The SMILES string of the molecule is O=C(NCC(=O)[SH]1C=CN=C1C1CNC(C(=O)O)C1)c1ccc(Oc2ccc(F)cc2)cc1. The predicted molar refractivity (Wildman–Crippen MR) is 123 cm³/mol. The summed E-state index contributed by atoms with van der Waals surface area (Å²) in [5.41, 5.74) is 0.363. The van der Waals surface area contributed by atoms with E-state index in [9.17, 15) is 18.8 Å². The fourth-order valence-electron chi connectivity index (χ4n) is 3.60. The van der Waals surface area contributed by atoms with E-state index in [1.807, 2.05) is 0 Å². The highest BCUT2D eigenvalue weighted by atomic mass is 32.2. The third-order valence-corrected chi connectivity index (χ3v) is 7.40. The molecule has 3 atom stereocenters. The van der Waals surface area contributed by atoms with E-state index in [0.717, 1.165) is 0 Å². The second-order valence-electron chi connectivity index (χ2n) is 7.54. The quantitative estimate of drug-likeness (QED) is 0.462. The molecular formula is C23H22FN3O5S. The summed E-state index contributed by atoms with van der Waals surface area (Å²) in [6.07, 6.45) is 1.97. The summed E-state index contributed by atoms with van der Waals surface area (Å²) in [5.74, 6) is -0.834. The Hall–Kier alpha value is -3.50. The zero-order chi connectivity index (χ0) is 23.4. The van der Waals surface area contributed by atoms with E-state index in [1.165, 1.54) is 24.3 Å². The number of nitrogens with zero attached hydrogens (tertiary/aromatic N) is 1. The van der Waals surface area contributed by atoms with Crippen LogP contribution < -0.4 is 15.4 Å². The summed E-state index contributed by atoms with van der Waals surface area (Å²) in [5, 5.41) is 17.0. The Morgan fingerprint density at radius 2 is 1.79 bits per heavy atom. The van der Waals surface area contributed by atoms with Gasteiger partial charge >= 0.3 is 5.97 Å². The molecule has 0 aromatic heterocycles. The van der Waals surface area contributed by atoms with Gasteiger partial charge in [-0.15, -0.1) is 10.9 Å². The molecule has 1 fully saturated rings. The van der Waals surface area contributed by atoms with Gasteiger partial charge in [-0.2, -0.15) is 0 Å². The summed E-state index contributed by atoms with van der Waals surface area (Å²) in [6, 6.07) is 11.3. The van der Waals surface area contributed by atoms with Gasteiger partial charge in [0.1, 0.15) is 23.4 Å². The number of ether oxygens (including phenoxy) is 1. The molecule has 0 saturated carbocycles. The first-order chi connectivity index (χ1) is 15.9. The number of carbonyl (C=O) groups is 3. The molecule has 3 unspecified atom stereocenters. The van der Waals surface area contributed by atoms with E-state index in [1.54, 1.807) is 35.9 Å². The number of carboxylic acids is 1. The molecule has 2 aliphatic heterocycles. The number of aliphatic carboxylic acids is 1. The first-order valence-corrected chi connectivity index (χ1v) is 11.7. The number of nitrogens with one attached hydrogen (secondary N) is 2. The van der Waals surface area contributed by atoms with Crippen LogP contribution in [0, 0.1) is 11.7 Å².